The summed E-state index contributed by atoms with van der Waals surface area (Å²) in [5.74, 6) is 0. The highest BCUT2D eigenvalue weighted by molar-refractivity contribution is 5.97. The lowest BCUT2D eigenvalue weighted by Gasteiger charge is -2.30. The Labute approximate surface area is 141 Å². The first-order valence-corrected chi connectivity index (χ1v) is 8.68. The number of aromatic nitrogens is 2. The molecule has 4 rings (SSSR count). The van der Waals surface area contributed by atoms with E-state index >= 15 is 0 Å². The van der Waals surface area contributed by atoms with Crippen LogP contribution in [0.3, 0.4) is 0 Å². The molecule has 5 nitrogen and oxygen atoms in total. The molecule has 1 aliphatic carbocycles. The van der Waals surface area contributed by atoms with Crippen LogP contribution in [0.5, 0.6) is 0 Å². The summed E-state index contributed by atoms with van der Waals surface area (Å²) in [5.41, 5.74) is 3.97. The van der Waals surface area contributed by atoms with E-state index in [0.717, 1.165) is 54.6 Å². The molecule has 126 valence electrons. The van der Waals surface area contributed by atoms with Gasteiger partial charge in [0.15, 0.2) is 0 Å². The SMILES string of the molecule is Cc1cc2c(=O)n(C3CCCCC3O)cnc2c2c1C=CCN2C. The summed E-state index contributed by atoms with van der Waals surface area (Å²) in [4.78, 5) is 19.9. The second-order valence-electron chi connectivity index (χ2n) is 7.01. The Morgan fingerprint density at radius 1 is 1.29 bits per heavy atom. The zero-order valence-corrected chi connectivity index (χ0v) is 14.2. The fourth-order valence-electron chi connectivity index (χ4n) is 4.08. The van der Waals surface area contributed by atoms with Crippen LogP contribution in [-0.4, -0.2) is 34.4 Å². The van der Waals surface area contributed by atoms with E-state index < -0.39 is 6.10 Å². The van der Waals surface area contributed by atoms with Gasteiger partial charge in [-0.15, -0.1) is 0 Å². The van der Waals surface area contributed by atoms with Gasteiger partial charge in [-0.3, -0.25) is 9.36 Å². The van der Waals surface area contributed by atoms with Crippen LogP contribution in [0.1, 0.15) is 42.9 Å². The maximum absolute atomic E-state index is 13.1. The van der Waals surface area contributed by atoms with Crippen molar-refractivity contribution in [3.05, 3.63) is 40.0 Å². The molecule has 1 N–H and O–H groups in total. The molecule has 2 aliphatic rings. The Balaban J connectivity index is 1.94. The fraction of sp³-hybridized carbons (Fsp3) is 0.474. The van der Waals surface area contributed by atoms with Crippen molar-refractivity contribution in [3.8, 4) is 0 Å². The van der Waals surface area contributed by atoms with E-state index in [2.05, 4.69) is 22.0 Å². The van der Waals surface area contributed by atoms with Crippen molar-refractivity contribution in [2.24, 2.45) is 0 Å². The number of hydrogen-bond donors (Lipinski definition) is 1. The minimum atomic E-state index is -0.458. The van der Waals surface area contributed by atoms with Crippen LogP contribution in [0, 0.1) is 6.92 Å². The Morgan fingerprint density at radius 3 is 2.88 bits per heavy atom. The molecule has 0 bridgehead atoms. The number of nitrogens with zero attached hydrogens (tertiary/aromatic N) is 3. The van der Waals surface area contributed by atoms with E-state index in [9.17, 15) is 9.90 Å². The van der Waals surface area contributed by atoms with Crippen LogP contribution < -0.4 is 10.5 Å². The number of anilines is 1. The van der Waals surface area contributed by atoms with Gasteiger partial charge in [0.2, 0.25) is 0 Å². The van der Waals surface area contributed by atoms with E-state index in [1.165, 1.54) is 0 Å². The third-order valence-electron chi connectivity index (χ3n) is 5.39. The number of likely N-dealkylation sites (N-methyl/N-ethyl adjacent to an activating group) is 1. The zero-order valence-electron chi connectivity index (χ0n) is 14.2. The number of benzene rings is 1. The summed E-state index contributed by atoms with van der Waals surface area (Å²) < 4.78 is 1.65. The Bertz CT molecular complexity index is 884. The van der Waals surface area contributed by atoms with Gasteiger partial charge < -0.3 is 10.0 Å². The van der Waals surface area contributed by atoms with E-state index in [4.69, 9.17) is 0 Å². The molecule has 0 radical (unpaired) electrons. The highest BCUT2D eigenvalue weighted by atomic mass is 16.3. The van der Waals surface area contributed by atoms with Crippen molar-refractivity contribution in [3.63, 3.8) is 0 Å². The maximum atomic E-state index is 13.1. The summed E-state index contributed by atoms with van der Waals surface area (Å²) in [5, 5.41) is 10.9. The predicted molar refractivity (Wildman–Crippen MR) is 96.6 cm³/mol. The lowest BCUT2D eigenvalue weighted by atomic mass is 9.92. The second kappa shape index (κ2) is 5.74. The molecular weight excluding hydrogens is 302 g/mol. The largest absolute Gasteiger partial charge is 0.391 e. The van der Waals surface area contributed by atoms with Gasteiger partial charge in [-0.05, 0) is 31.4 Å². The summed E-state index contributed by atoms with van der Waals surface area (Å²) >= 11 is 0. The van der Waals surface area contributed by atoms with Crippen LogP contribution in [0.2, 0.25) is 0 Å². The molecule has 0 amide bonds. The molecule has 2 aromatic rings. The van der Waals surface area contributed by atoms with Crippen molar-refractivity contribution in [1.29, 1.82) is 0 Å². The molecule has 5 heteroatoms. The van der Waals surface area contributed by atoms with E-state index in [-0.39, 0.29) is 11.6 Å². The summed E-state index contributed by atoms with van der Waals surface area (Å²) in [7, 11) is 2.03. The smallest absolute Gasteiger partial charge is 0.261 e. The van der Waals surface area contributed by atoms with Crippen LogP contribution in [0.25, 0.3) is 17.0 Å². The lowest BCUT2D eigenvalue weighted by molar-refractivity contribution is 0.0735. The molecule has 2 heterocycles. The van der Waals surface area contributed by atoms with Gasteiger partial charge in [0.05, 0.1) is 29.5 Å². The van der Waals surface area contributed by atoms with E-state index in [1.54, 1.807) is 10.9 Å². The van der Waals surface area contributed by atoms with Gasteiger partial charge in [0.25, 0.3) is 5.56 Å². The minimum absolute atomic E-state index is 0.0418. The number of fused-ring (bicyclic) bond motifs is 3. The number of rotatable bonds is 1. The first-order valence-electron chi connectivity index (χ1n) is 8.68. The molecule has 0 spiro atoms. The average Bonchev–Trinajstić information content (AvgIpc) is 2.57. The maximum Gasteiger partial charge on any atom is 0.261 e. The molecule has 1 fully saturated rings. The van der Waals surface area contributed by atoms with E-state index in [1.807, 2.05) is 20.0 Å². The van der Waals surface area contributed by atoms with Gasteiger partial charge in [0, 0.05) is 19.2 Å². The van der Waals surface area contributed by atoms with E-state index in [0.29, 0.717) is 5.39 Å². The Hall–Kier alpha value is -2.14. The molecular formula is C19H23N3O2. The molecule has 24 heavy (non-hydrogen) atoms. The molecule has 1 aromatic carbocycles. The topological polar surface area (TPSA) is 58.4 Å². The molecule has 2 atom stereocenters. The molecule has 1 aromatic heterocycles. The summed E-state index contributed by atoms with van der Waals surface area (Å²) in [6, 6.07) is 1.79. The zero-order chi connectivity index (χ0) is 16.8. The number of hydrogen-bond acceptors (Lipinski definition) is 4. The van der Waals surface area contributed by atoms with Gasteiger partial charge in [0.1, 0.15) is 5.52 Å². The molecule has 1 saturated carbocycles. The molecule has 2 unspecified atom stereocenters. The van der Waals surface area contributed by atoms with Crippen LogP contribution in [0.4, 0.5) is 5.69 Å². The summed E-state index contributed by atoms with van der Waals surface area (Å²) in [6.07, 6.45) is 9.07. The predicted octanol–water partition coefficient (Wildman–Crippen LogP) is 2.64. The third-order valence-corrected chi connectivity index (χ3v) is 5.39. The highest BCUT2D eigenvalue weighted by Crippen LogP contribution is 2.34. The standard InChI is InChI=1S/C19H23N3O2/c1-12-10-14-17(18-13(12)6-5-9-21(18)2)20-11-22(19(14)24)15-7-3-4-8-16(15)23/h5-6,10-11,15-16,23H,3-4,7-9H2,1-2H3. The Morgan fingerprint density at radius 2 is 2.08 bits per heavy atom. The normalized spacial score (nSPS) is 23.5. The number of aryl methyl sites for hydroxylation is 1. The van der Waals surface area contributed by atoms with Crippen molar-refractivity contribution < 1.29 is 5.11 Å². The van der Waals surface area contributed by atoms with Crippen molar-refractivity contribution in [2.75, 3.05) is 18.5 Å². The van der Waals surface area contributed by atoms with Gasteiger partial charge >= 0.3 is 0 Å². The monoisotopic (exact) mass is 325 g/mol. The van der Waals surface area contributed by atoms with Gasteiger partial charge in [-0.25, -0.2) is 4.98 Å². The number of aliphatic hydroxyl groups is 1. The average molecular weight is 325 g/mol. The van der Waals surface area contributed by atoms with Crippen molar-refractivity contribution in [2.45, 2.75) is 44.8 Å². The fourth-order valence-corrected chi connectivity index (χ4v) is 4.08. The van der Waals surface area contributed by atoms with Crippen molar-refractivity contribution >= 4 is 22.7 Å². The van der Waals surface area contributed by atoms with Crippen LogP contribution >= 0.6 is 0 Å². The summed E-state index contributed by atoms with van der Waals surface area (Å²) in [6.45, 7) is 2.85. The molecule has 1 aliphatic heterocycles. The lowest BCUT2D eigenvalue weighted by Crippen LogP contribution is -2.35. The Kier molecular flexibility index (Phi) is 3.68. The van der Waals surface area contributed by atoms with Crippen LogP contribution in [-0.2, 0) is 0 Å². The third kappa shape index (κ3) is 2.26. The minimum Gasteiger partial charge on any atom is -0.391 e. The number of aliphatic hydroxyl groups excluding tert-OH is 1. The highest BCUT2D eigenvalue weighted by Gasteiger charge is 2.27. The van der Waals surface area contributed by atoms with Gasteiger partial charge in [-0.2, -0.15) is 0 Å². The van der Waals surface area contributed by atoms with Gasteiger partial charge in [-0.1, -0.05) is 25.0 Å². The second-order valence-corrected chi connectivity index (χ2v) is 7.01. The first-order chi connectivity index (χ1) is 11.6. The van der Waals surface area contributed by atoms with Crippen molar-refractivity contribution in [1.82, 2.24) is 9.55 Å². The molecule has 0 saturated heterocycles. The first kappa shape index (κ1) is 15.4. The van der Waals surface area contributed by atoms with Crippen LogP contribution in [0.15, 0.2) is 23.3 Å². The quantitative estimate of drug-likeness (QED) is 0.876.